The van der Waals surface area contributed by atoms with Crippen molar-refractivity contribution in [3.05, 3.63) is 21.4 Å². The summed E-state index contributed by atoms with van der Waals surface area (Å²) in [5.41, 5.74) is 1.53. The van der Waals surface area contributed by atoms with Gasteiger partial charge in [-0.15, -0.1) is 11.3 Å². The molecule has 1 aliphatic rings. The van der Waals surface area contributed by atoms with Gasteiger partial charge >= 0.3 is 0 Å². The Bertz CT molecular complexity index is 411. The summed E-state index contributed by atoms with van der Waals surface area (Å²) >= 11 is 1.93. The van der Waals surface area contributed by atoms with Crippen molar-refractivity contribution >= 4 is 11.3 Å². The van der Waals surface area contributed by atoms with E-state index in [9.17, 15) is 0 Å². The van der Waals surface area contributed by atoms with E-state index in [1.54, 1.807) is 0 Å². The highest BCUT2D eigenvalue weighted by Crippen LogP contribution is 2.31. The highest BCUT2D eigenvalue weighted by molar-refractivity contribution is 7.12. The molecule has 0 saturated carbocycles. The Kier molecular flexibility index (Phi) is 5.04. The lowest BCUT2D eigenvalue weighted by Gasteiger charge is -2.38. The standard InChI is InChI=1S/C16H28N2S/c1-11(2)17-15-7-6-8-18(10-15)13(4)16-9-12(3)19-14(16)5/h9,11,13,15,17H,6-8,10H2,1-5H3. The Morgan fingerprint density at radius 1 is 1.32 bits per heavy atom. The van der Waals surface area contributed by atoms with Crippen molar-refractivity contribution in [1.82, 2.24) is 10.2 Å². The quantitative estimate of drug-likeness (QED) is 0.900. The van der Waals surface area contributed by atoms with E-state index in [1.807, 2.05) is 11.3 Å². The number of likely N-dealkylation sites (tertiary alicyclic amines) is 1. The second-order valence-corrected chi connectivity index (χ2v) is 7.66. The first kappa shape index (κ1) is 15.0. The molecule has 0 radical (unpaired) electrons. The van der Waals surface area contributed by atoms with E-state index in [0.717, 1.165) is 0 Å². The fourth-order valence-electron chi connectivity index (χ4n) is 3.23. The zero-order valence-electron chi connectivity index (χ0n) is 13.0. The van der Waals surface area contributed by atoms with Gasteiger partial charge in [-0.25, -0.2) is 0 Å². The summed E-state index contributed by atoms with van der Waals surface area (Å²) in [6.07, 6.45) is 2.64. The average molecular weight is 280 g/mol. The molecule has 0 aliphatic carbocycles. The summed E-state index contributed by atoms with van der Waals surface area (Å²) in [5.74, 6) is 0. The molecule has 1 fully saturated rings. The molecule has 3 heteroatoms. The first-order valence-electron chi connectivity index (χ1n) is 7.54. The molecule has 1 N–H and O–H groups in total. The molecule has 1 aromatic heterocycles. The van der Waals surface area contributed by atoms with Crippen LogP contribution in [0.15, 0.2) is 6.07 Å². The lowest BCUT2D eigenvalue weighted by Crippen LogP contribution is -2.48. The fourth-order valence-corrected chi connectivity index (χ4v) is 4.24. The van der Waals surface area contributed by atoms with Gasteiger partial charge < -0.3 is 5.32 Å². The molecular weight excluding hydrogens is 252 g/mol. The van der Waals surface area contributed by atoms with Crippen molar-refractivity contribution < 1.29 is 0 Å². The maximum absolute atomic E-state index is 3.70. The van der Waals surface area contributed by atoms with Gasteiger partial charge in [-0.1, -0.05) is 13.8 Å². The minimum Gasteiger partial charge on any atom is -0.311 e. The van der Waals surface area contributed by atoms with E-state index in [0.29, 0.717) is 18.1 Å². The lowest BCUT2D eigenvalue weighted by atomic mass is 10.00. The predicted molar refractivity (Wildman–Crippen MR) is 85.1 cm³/mol. The van der Waals surface area contributed by atoms with Crippen LogP contribution in [0.25, 0.3) is 0 Å². The minimum atomic E-state index is 0.557. The first-order valence-corrected chi connectivity index (χ1v) is 8.36. The van der Waals surface area contributed by atoms with Gasteiger partial charge in [0, 0.05) is 34.4 Å². The summed E-state index contributed by atoms with van der Waals surface area (Å²) in [6, 6.07) is 4.19. The summed E-state index contributed by atoms with van der Waals surface area (Å²) in [6.45, 7) is 13.8. The fraction of sp³-hybridized carbons (Fsp3) is 0.750. The SMILES string of the molecule is Cc1cc(C(C)N2CCCC(NC(C)C)C2)c(C)s1. The van der Waals surface area contributed by atoms with Gasteiger partial charge in [0.25, 0.3) is 0 Å². The van der Waals surface area contributed by atoms with Crippen LogP contribution in [0.3, 0.4) is 0 Å². The Morgan fingerprint density at radius 2 is 2.05 bits per heavy atom. The Balaban J connectivity index is 2.02. The highest BCUT2D eigenvalue weighted by atomic mass is 32.1. The zero-order valence-corrected chi connectivity index (χ0v) is 13.8. The maximum atomic E-state index is 3.70. The molecule has 0 aromatic carbocycles. The van der Waals surface area contributed by atoms with Crippen LogP contribution in [-0.2, 0) is 0 Å². The monoisotopic (exact) mass is 280 g/mol. The van der Waals surface area contributed by atoms with Crippen LogP contribution in [0.1, 0.15) is 55.0 Å². The van der Waals surface area contributed by atoms with Gasteiger partial charge in [0.1, 0.15) is 0 Å². The molecule has 108 valence electrons. The van der Waals surface area contributed by atoms with Crippen LogP contribution in [0.5, 0.6) is 0 Å². The Hall–Kier alpha value is -0.380. The molecule has 2 heterocycles. The molecular formula is C16H28N2S. The van der Waals surface area contributed by atoms with E-state index < -0.39 is 0 Å². The molecule has 2 nitrogen and oxygen atoms in total. The van der Waals surface area contributed by atoms with E-state index in [4.69, 9.17) is 0 Å². The van der Waals surface area contributed by atoms with Gasteiger partial charge in [-0.3, -0.25) is 4.90 Å². The van der Waals surface area contributed by atoms with Crippen molar-refractivity contribution in [3.8, 4) is 0 Å². The minimum absolute atomic E-state index is 0.557. The first-order chi connectivity index (χ1) is 8.97. The lowest BCUT2D eigenvalue weighted by molar-refractivity contribution is 0.142. The van der Waals surface area contributed by atoms with E-state index in [-0.39, 0.29) is 0 Å². The summed E-state index contributed by atoms with van der Waals surface area (Å²) < 4.78 is 0. The molecule has 1 saturated heterocycles. The molecule has 19 heavy (non-hydrogen) atoms. The Morgan fingerprint density at radius 3 is 2.63 bits per heavy atom. The highest BCUT2D eigenvalue weighted by Gasteiger charge is 2.25. The predicted octanol–water partition coefficient (Wildman–Crippen LogP) is 3.89. The third kappa shape index (κ3) is 3.80. The molecule has 0 amide bonds. The number of piperidine rings is 1. The van der Waals surface area contributed by atoms with Crippen LogP contribution < -0.4 is 5.32 Å². The molecule has 1 aliphatic heterocycles. The van der Waals surface area contributed by atoms with Gasteiger partial charge in [-0.05, 0) is 51.8 Å². The van der Waals surface area contributed by atoms with Crippen LogP contribution in [0.2, 0.25) is 0 Å². The number of rotatable bonds is 4. The van der Waals surface area contributed by atoms with Crippen molar-refractivity contribution in [2.24, 2.45) is 0 Å². The Labute approximate surface area is 122 Å². The third-order valence-electron chi connectivity index (χ3n) is 4.10. The molecule has 1 aromatic rings. The largest absolute Gasteiger partial charge is 0.311 e. The molecule has 2 atom stereocenters. The van der Waals surface area contributed by atoms with E-state index in [1.165, 1.54) is 41.2 Å². The zero-order chi connectivity index (χ0) is 14.0. The molecule has 0 bridgehead atoms. The summed E-state index contributed by atoms with van der Waals surface area (Å²) in [7, 11) is 0. The van der Waals surface area contributed by atoms with Crippen LogP contribution in [0, 0.1) is 13.8 Å². The maximum Gasteiger partial charge on any atom is 0.0331 e. The number of hydrogen-bond donors (Lipinski definition) is 1. The second kappa shape index (κ2) is 6.38. The average Bonchev–Trinajstić information content (AvgIpc) is 2.67. The smallest absolute Gasteiger partial charge is 0.0331 e. The van der Waals surface area contributed by atoms with Crippen LogP contribution >= 0.6 is 11.3 Å². The normalized spacial score (nSPS) is 22.9. The number of nitrogens with one attached hydrogen (secondary N) is 1. The van der Waals surface area contributed by atoms with Crippen LogP contribution in [0.4, 0.5) is 0 Å². The number of thiophene rings is 1. The van der Waals surface area contributed by atoms with Gasteiger partial charge in [0.05, 0.1) is 0 Å². The van der Waals surface area contributed by atoms with Crippen molar-refractivity contribution in [2.75, 3.05) is 13.1 Å². The second-order valence-electron chi connectivity index (χ2n) is 6.20. The molecule has 0 spiro atoms. The summed E-state index contributed by atoms with van der Waals surface area (Å²) in [4.78, 5) is 5.58. The third-order valence-corrected chi connectivity index (χ3v) is 5.08. The van der Waals surface area contributed by atoms with Gasteiger partial charge in [-0.2, -0.15) is 0 Å². The number of aryl methyl sites for hydroxylation is 2. The van der Waals surface area contributed by atoms with Gasteiger partial charge in [0.2, 0.25) is 0 Å². The molecule has 2 unspecified atom stereocenters. The summed E-state index contributed by atoms with van der Waals surface area (Å²) in [5, 5.41) is 3.70. The van der Waals surface area contributed by atoms with Crippen molar-refractivity contribution in [3.63, 3.8) is 0 Å². The van der Waals surface area contributed by atoms with E-state index >= 15 is 0 Å². The number of nitrogens with zero attached hydrogens (tertiary/aromatic N) is 1. The van der Waals surface area contributed by atoms with Gasteiger partial charge in [0.15, 0.2) is 0 Å². The topological polar surface area (TPSA) is 15.3 Å². The number of hydrogen-bond acceptors (Lipinski definition) is 3. The van der Waals surface area contributed by atoms with E-state index in [2.05, 4.69) is 50.9 Å². The van der Waals surface area contributed by atoms with Crippen molar-refractivity contribution in [2.45, 2.75) is 65.6 Å². The molecule has 2 rings (SSSR count). The van der Waals surface area contributed by atoms with Crippen LogP contribution in [-0.4, -0.2) is 30.1 Å². The van der Waals surface area contributed by atoms with Crippen molar-refractivity contribution in [1.29, 1.82) is 0 Å².